The van der Waals surface area contributed by atoms with Gasteiger partial charge < -0.3 is 19.7 Å². The van der Waals surface area contributed by atoms with Crippen LogP contribution in [0.5, 0.6) is 11.5 Å². The molecular formula is C23H26N6O2S. The van der Waals surface area contributed by atoms with Gasteiger partial charge in [0.2, 0.25) is 12.7 Å². The SMILES string of the molecule is Cc1cc(N2CC3[C@H](Nc4nc5n(n4)CCCC5c4ccc5c(c4)OCO5)C3(C)C2)sn1. The topological polar surface area (TPSA) is 77.3 Å². The minimum Gasteiger partial charge on any atom is -0.454 e. The molecule has 8 nitrogen and oxygen atoms in total. The van der Waals surface area contributed by atoms with Gasteiger partial charge in [-0.2, -0.15) is 9.36 Å². The van der Waals surface area contributed by atoms with Crippen molar-refractivity contribution in [2.75, 3.05) is 30.1 Å². The van der Waals surface area contributed by atoms with Gasteiger partial charge in [0.25, 0.3) is 0 Å². The van der Waals surface area contributed by atoms with Crippen molar-refractivity contribution in [3.63, 3.8) is 0 Å². The Morgan fingerprint density at radius 2 is 2.12 bits per heavy atom. The van der Waals surface area contributed by atoms with E-state index in [4.69, 9.17) is 19.6 Å². The van der Waals surface area contributed by atoms with Gasteiger partial charge in [-0.15, -0.1) is 5.10 Å². The fraction of sp³-hybridized carbons (Fsp3) is 0.522. The van der Waals surface area contributed by atoms with Gasteiger partial charge in [-0.25, -0.2) is 4.68 Å². The van der Waals surface area contributed by atoms with Crippen molar-refractivity contribution in [3.05, 3.63) is 41.3 Å². The maximum atomic E-state index is 5.59. The Bertz CT molecular complexity index is 1210. The second-order valence-electron chi connectivity index (χ2n) is 9.75. The zero-order valence-corrected chi connectivity index (χ0v) is 19.1. The lowest BCUT2D eigenvalue weighted by Gasteiger charge is -2.22. The van der Waals surface area contributed by atoms with Crippen LogP contribution in [0.1, 0.15) is 42.8 Å². The number of rotatable bonds is 4. The maximum absolute atomic E-state index is 5.59. The van der Waals surface area contributed by atoms with Crippen LogP contribution in [0.15, 0.2) is 24.3 Å². The third-order valence-electron chi connectivity index (χ3n) is 7.68. The van der Waals surface area contributed by atoms with Crippen LogP contribution >= 0.6 is 11.5 Å². The molecule has 3 aromatic rings. The minimum absolute atomic E-state index is 0.237. The molecule has 3 aliphatic heterocycles. The molecule has 1 aliphatic carbocycles. The normalized spacial score (nSPS) is 29.7. The Hall–Kier alpha value is -2.81. The first-order valence-corrected chi connectivity index (χ1v) is 12.1. The summed E-state index contributed by atoms with van der Waals surface area (Å²) in [5.41, 5.74) is 2.59. The lowest BCUT2D eigenvalue weighted by atomic mass is 9.91. The van der Waals surface area contributed by atoms with Crippen molar-refractivity contribution in [1.29, 1.82) is 0 Å². The highest BCUT2D eigenvalue weighted by molar-refractivity contribution is 7.10. The molecule has 1 N–H and O–H groups in total. The Balaban J connectivity index is 1.09. The van der Waals surface area contributed by atoms with Crippen molar-refractivity contribution in [2.24, 2.45) is 11.3 Å². The number of benzene rings is 1. The first-order chi connectivity index (χ1) is 15.6. The second-order valence-corrected chi connectivity index (χ2v) is 10.5. The van der Waals surface area contributed by atoms with Gasteiger partial charge in [-0.1, -0.05) is 13.0 Å². The van der Waals surface area contributed by atoms with Gasteiger partial charge in [0.1, 0.15) is 10.8 Å². The predicted molar refractivity (Wildman–Crippen MR) is 122 cm³/mol. The van der Waals surface area contributed by atoms with E-state index in [1.165, 1.54) is 10.6 Å². The summed E-state index contributed by atoms with van der Waals surface area (Å²) in [6, 6.07) is 8.88. The number of aryl methyl sites for hydroxylation is 2. The van der Waals surface area contributed by atoms with E-state index >= 15 is 0 Å². The molecule has 0 radical (unpaired) electrons. The number of nitrogens with one attached hydrogen (secondary N) is 1. The molecule has 2 aromatic heterocycles. The largest absolute Gasteiger partial charge is 0.454 e. The Labute approximate surface area is 190 Å². The van der Waals surface area contributed by atoms with Gasteiger partial charge in [0.15, 0.2) is 11.5 Å². The van der Waals surface area contributed by atoms with Gasteiger partial charge in [-0.05, 0) is 55.1 Å². The Kier molecular flexibility index (Phi) is 3.86. The van der Waals surface area contributed by atoms with E-state index in [0.717, 1.165) is 61.4 Å². The lowest BCUT2D eigenvalue weighted by Crippen LogP contribution is -2.30. The van der Waals surface area contributed by atoms with Crippen LogP contribution in [0.4, 0.5) is 10.9 Å². The smallest absolute Gasteiger partial charge is 0.242 e. The van der Waals surface area contributed by atoms with E-state index in [1.807, 2.05) is 6.07 Å². The monoisotopic (exact) mass is 450 g/mol. The quantitative estimate of drug-likeness (QED) is 0.650. The number of fused-ring (bicyclic) bond motifs is 3. The molecule has 9 heteroatoms. The molecule has 1 saturated carbocycles. The number of aromatic nitrogens is 4. The first kappa shape index (κ1) is 18.7. The summed E-state index contributed by atoms with van der Waals surface area (Å²) in [5.74, 6) is 4.33. The Morgan fingerprint density at radius 3 is 2.94 bits per heavy atom. The molecule has 0 amide bonds. The fourth-order valence-corrected chi connectivity index (χ4v) is 6.60. The van der Waals surface area contributed by atoms with E-state index in [0.29, 0.717) is 18.8 Å². The highest BCUT2D eigenvalue weighted by Crippen LogP contribution is 2.59. The van der Waals surface area contributed by atoms with Crippen LogP contribution in [-0.2, 0) is 6.54 Å². The van der Waals surface area contributed by atoms with Gasteiger partial charge in [-0.3, -0.25) is 0 Å². The number of hydrogen-bond acceptors (Lipinski definition) is 8. The highest BCUT2D eigenvalue weighted by Gasteiger charge is 2.66. The van der Waals surface area contributed by atoms with E-state index < -0.39 is 0 Å². The third kappa shape index (κ3) is 2.76. The summed E-state index contributed by atoms with van der Waals surface area (Å²) < 4.78 is 17.6. The van der Waals surface area contributed by atoms with E-state index in [-0.39, 0.29) is 11.3 Å². The first-order valence-electron chi connectivity index (χ1n) is 11.4. The number of piperidine rings is 1. The van der Waals surface area contributed by atoms with Crippen LogP contribution in [0, 0.1) is 18.3 Å². The molecule has 4 aliphatic rings. The standard InChI is InChI=1S/C23H26N6O2S/c1-13-8-19(32-27-13)28-10-16-20(23(16,2)11-28)24-22-25-21-15(4-3-7-29(21)26-22)14-5-6-17-18(9-14)31-12-30-17/h5-6,8-9,15-16,20H,3-4,7,10-12H2,1-2H3,(H,24,26)/t15?,16?,20-,23?/m0/s1. The Morgan fingerprint density at radius 1 is 1.22 bits per heavy atom. The van der Waals surface area contributed by atoms with E-state index in [9.17, 15) is 0 Å². The summed E-state index contributed by atoms with van der Waals surface area (Å²) in [6.07, 6.45) is 2.17. The maximum Gasteiger partial charge on any atom is 0.242 e. The van der Waals surface area contributed by atoms with Crippen molar-refractivity contribution >= 4 is 22.5 Å². The van der Waals surface area contributed by atoms with Crippen LogP contribution in [0.3, 0.4) is 0 Å². The summed E-state index contributed by atoms with van der Waals surface area (Å²) in [6.45, 7) is 7.80. The van der Waals surface area contributed by atoms with Crippen LogP contribution in [0.25, 0.3) is 0 Å². The van der Waals surface area contributed by atoms with Gasteiger partial charge in [0, 0.05) is 42.9 Å². The molecule has 0 spiro atoms. The zero-order chi connectivity index (χ0) is 21.4. The molecule has 166 valence electrons. The molecule has 5 heterocycles. The van der Waals surface area contributed by atoms with Crippen molar-refractivity contribution in [3.8, 4) is 11.5 Å². The lowest BCUT2D eigenvalue weighted by molar-refractivity contribution is 0.174. The summed E-state index contributed by atoms with van der Waals surface area (Å²) >= 11 is 1.61. The number of nitrogens with zero attached hydrogens (tertiary/aromatic N) is 5. The summed E-state index contributed by atoms with van der Waals surface area (Å²) in [7, 11) is 0. The number of anilines is 2. The number of ether oxygens (including phenoxy) is 2. The highest BCUT2D eigenvalue weighted by atomic mass is 32.1. The summed E-state index contributed by atoms with van der Waals surface area (Å²) in [4.78, 5) is 7.45. The summed E-state index contributed by atoms with van der Waals surface area (Å²) in [5, 5.41) is 9.80. The molecule has 1 saturated heterocycles. The second kappa shape index (κ2) is 6.60. The van der Waals surface area contributed by atoms with Gasteiger partial charge >= 0.3 is 0 Å². The van der Waals surface area contributed by atoms with Crippen LogP contribution in [-0.4, -0.2) is 45.1 Å². The molecule has 7 rings (SSSR count). The van der Waals surface area contributed by atoms with Gasteiger partial charge in [0.05, 0.1) is 5.69 Å². The van der Waals surface area contributed by atoms with E-state index in [1.54, 1.807) is 11.5 Å². The molecule has 3 unspecified atom stereocenters. The predicted octanol–water partition coefficient (Wildman–Crippen LogP) is 3.63. The molecular weight excluding hydrogens is 424 g/mol. The molecule has 0 bridgehead atoms. The minimum atomic E-state index is 0.237. The van der Waals surface area contributed by atoms with Crippen molar-refractivity contribution in [2.45, 2.75) is 45.2 Å². The van der Waals surface area contributed by atoms with E-state index in [2.05, 4.69) is 51.3 Å². The number of hydrogen-bond donors (Lipinski definition) is 1. The average molecular weight is 451 g/mol. The molecule has 2 fully saturated rings. The molecule has 1 aromatic carbocycles. The van der Waals surface area contributed by atoms with Crippen molar-refractivity contribution < 1.29 is 9.47 Å². The van der Waals surface area contributed by atoms with Crippen LogP contribution in [0.2, 0.25) is 0 Å². The fourth-order valence-electron chi connectivity index (χ4n) is 5.83. The van der Waals surface area contributed by atoms with Crippen molar-refractivity contribution in [1.82, 2.24) is 19.1 Å². The van der Waals surface area contributed by atoms with Crippen LogP contribution < -0.4 is 19.7 Å². The zero-order valence-electron chi connectivity index (χ0n) is 18.2. The molecule has 32 heavy (non-hydrogen) atoms. The molecule has 4 atom stereocenters. The third-order valence-corrected chi connectivity index (χ3v) is 8.63. The average Bonchev–Trinajstić information content (AvgIpc) is 3.41.